The molecule has 0 aliphatic heterocycles. The molecule has 180 valence electrons. The van der Waals surface area contributed by atoms with Crippen molar-refractivity contribution in [1.29, 1.82) is 0 Å². The van der Waals surface area contributed by atoms with Crippen LogP contribution in [-0.2, 0) is 28.9 Å². The molecule has 1 aliphatic rings. The van der Waals surface area contributed by atoms with Crippen LogP contribution in [0.4, 0.5) is 9.39 Å². The number of methoxy groups -OCH3 is 2. The largest absolute Gasteiger partial charge is 0.494 e. The predicted molar refractivity (Wildman–Crippen MR) is 128 cm³/mol. The van der Waals surface area contributed by atoms with Gasteiger partial charge in [-0.25, -0.2) is 4.39 Å². The van der Waals surface area contributed by atoms with Crippen LogP contribution in [0.15, 0.2) is 18.2 Å². The van der Waals surface area contributed by atoms with Gasteiger partial charge in [0.05, 0.1) is 25.8 Å². The zero-order valence-corrected chi connectivity index (χ0v) is 20.3. The third-order valence-corrected chi connectivity index (χ3v) is 6.89. The maximum Gasteiger partial charge on any atom is 0.254 e. The van der Waals surface area contributed by atoms with Crippen LogP contribution in [0.25, 0.3) is 0 Å². The number of benzene rings is 1. The van der Waals surface area contributed by atoms with E-state index in [1.807, 2.05) is 11.8 Å². The van der Waals surface area contributed by atoms with Gasteiger partial charge in [-0.3, -0.25) is 14.5 Å². The number of halogens is 1. The molecule has 1 aromatic heterocycles. The highest BCUT2D eigenvalue weighted by Crippen LogP contribution is 2.38. The number of ether oxygens (including phenoxy) is 2. The first-order chi connectivity index (χ1) is 16.0. The molecular formula is C24H32FN3O4S. The number of fused-ring (bicyclic) bond motifs is 1. The summed E-state index contributed by atoms with van der Waals surface area (Å²) in [7, 11) is 3.01. The van der Waals surface area contributed by atoms with Crippen molar-refractivity contribution >= 4 is 28.2 Å². The Kier molecular flexibility index (Phi) is 9.22. The Balaban J connectivity index is 1.70. The van der Waals surface area contributed by atoms with Crippen molar-refractivity contribution in [3.05, 3.63) is 45.6 Å². The summed E-state index contributed by atoms with van der Waals surface area (Å²) in [5, 5.41) is 6.46. The number of carbonyl (C=O) groups excluding carboxylic acids is 2. The fourth-order valence-corrected chi connectivity index (χ4v) is 5.27. The topological polar surface area (TPSA) is 79.9 Å². The SMILES string of the molecule is CCN(CC(=O)Nc1sc2c(c1C(=O)NCCOC)CCCC2)Cc1ccc(OC)c(F)c1. The number of rotatable bonds is 11. The summed E-state index contributed by atoms with van der Waals surface area (Å²) in [4.78, 5) is 28.9. The van der Waals surface area contributed by atoms with Crippen LogP contribution in [0.2, 0.25) is 0 Å². The van der Waals surface area contributed by atoms with Gasteiger partial charge in [0.2, 0.25) is 5.91 Å². The van der Waals surface area contributed by atoms with Crippen molar-refractivity contribution in [2.45, 2.75) is 39.2 Å². The quantitative estimate of drug-likeness (QED) is 0.484. The van der Waals surface area contributed by atoms with Crippen LogP contribution in [-0.4, -0.2) is 57.2 Å². The van der Waals surface area contributed by atoms with Crippen molar-refractivity contribution < 1.29 is 23.5 Å². The number of nitrogens with zero attached hydrogens (tertiary/aromatic N) is 1. The molecule has 0 saturated heterocycles. The van der Waals surface area contributed by atoms with E-state index in [1.165, 1.54) is 29.4 Å². The van der Waals surface area contributed by atoms with Gasteiger partial charge in [-0.1, -0.05) is 13.0 Å². The summed E-state index contributed by atoms with van der Waals surface area (Å²) >= 11 is 1.50. The first-order valence-electron chi connectivity index (χ1n) is 11.2. The molecular weight excluding hydrogens is 445 g/mol. The molecule has 3 rings (SSSR count). The first kappa shape index (κ1) is 25.1. The Morgan fingerprint density at radius 1 is 1.21 bits per heavy atom. The normalized spacial score (nSPS) is 13.0. The summed E-state index contributed by atoms with van der Waals surface area (Å²) in [6, 6.07) is 4.80. The monoisotopic (exact) mass is 477 g/mol. The van der Waals surface area contributed by atoms with Gasteiger partial charge < -0.3 is 20.1 Å². The van der Waals surface area contributed by atoms with Crippen LogP contribution < -0.4 is 15.4 Å². The lowest BCUT2D eigenvalue weighted by molar-refractivity contribution is -0.117. The van der Waals surface area contributed by atoms with Gasteiger partial charge in [0.1, 0.15) is 5.00 Å². The van der Waals surface area contributed by atoms with Gasteiger partial charge in [-0.15, -0.1) is 11.3 Å². The summed E-state index contributed by atoms with van der Waals surface area (Å²) < 4.78 is 24.0. The molecule has 1 aliphatic carbocycles. The maximum atomic E-state index is 14.0. The molecule has 0 saturated carbocycles. The van der Waals surface area contributed by atoms with Gasteiger partial charge in [-0.2, -0.15) is 0 Å². The number of nitrogens with one attached hydrogen (secondary N) is 2. The summed E-state index contributed by atoms with van der Waals surface area (Å²) in [6.45, 7) is 3.97. The first-order valence-corrected chi connectivity index (χ1v) is 12.0. The number of hydrogen-bond donors (Lipinski definition) is 2. The summed E-state index contributed by atoms with van der Waals surface area (Å²) in [5.41, 5.74) is 2.39. The molecule has 33 heavy (non-hydrogen) atoms. The van der Waals surface area contributed by atoms with E-state index in [9.17, 15) is 14.0 Å². The number of amides is 2. The van der Waals surface area contributed by atoms with Crippen LogP contribution >= 0.6 is 11.3 Å². The van der Waals surface area contributed by atoms with E-state index in [0.29, 0.717) is 36.8 Å². The van der Waals surface area contributed by atoms with Crippen molar-refractivity contribution in [3.8, 4) is 5.75 Å². The molecule has 2 amide bonds. The lowest BCUT2D eigenvalue weighted by atomic mass is 9.95. The van der Waals surface area contributed by atoms with Crippen molar-refractivity contribution in [2.75, 3.05) is 45.8 Å². The lowest BCUT2D eigenvalue weighted by Crippen LogP contribution is -2.33. The molecule has 1 aromatic carbocycles. The number of anilines is 1. The average Bonchev–Trinajstić information content (AvgIpc) is 3.16. The summed E-state index contributed by atoms with van der Waals surface area (Å²) in [5.74, 6) is -0.612. The van der Waals surface area contributed by atoms with E-state index in [4.69, 9.17) is 9.47 Å². The van der Waals surface area contributed by atoms with Gasteiger partial charge in [0.15, 0.2) is 11.6 Å². The zero-order valence-electron chi connectivity index (χ0n) is 19.5. The van der Waals surface area contributed by atoms with Gasteiger partial charge in [0, 0.05) is 25.1 Å². The second-order valence-corrected chi connectivity index (χ2v) is 9.09. The highest BCUT2D eigenvalue weighted by atomic mass is 32.1. The molecule has 0 fully saturated rings. The number of likely N-dealkylation sites (N-methyl/N-ethyl adjacent to an activating group) is 1. The Hall–Kier alpha value is -2.49. The molecule has 2 aromatic rings. The van der Waals surface area contributed by atoms with Gasteiger partial charge in [-0.05, 0) is 55.5 Å². The maximum absolute atomic E-state index is 14.0. The zero-order chi connectivity index (χ0) is 23.8. The number of thiophene rings is 1. The fraction of sp³-hybridized carbons (Fsp3) is 0.500. The molecule has 0 bridgehead atoms. The highest BCUT2D eigenvalue weighted by molar-refractivity contribution is 7.17. The Labute approximate surface area is 198 Å². The molecule has 0 atom stereocenters. The lowest BCUT2D eigenvalue weighted by Gasteiger charge is -2.20. The number of aryl methyl sites for hydroxylation is 1. The third-order valence-electron chi connectivity index (χ3n) is 5.68. The van der Waals surface area contributed by atoms with Crippen LogP contribution in [0, 0.1) is 5.82 Å². The van der Waals surface area contributed by atoms with E-state index in [1.54, 1.807) is 19.2 Å². The third kappa shape index (κ3) is 6.52. The van der Waals surface area contributed by atoms with Crippen LogP contribution in [0.3, 0.4) is 0 Å². The fourth-order valence-electron chi connectivity index (χ4n) is 3.96. The standard InChI is InChI=1S/C24H32FN3O4S/c1-4-28(14-16-9-10-19(32-3)18(25)13-16)15-21(29)27-24-22(23(30)26-11-12-31-2)17-7-5-6-8-20(17)33-24/h9-10,13H,4-8,11-12,14-15H2,1-3H3,(H,26,30)(H,27,29). The van der Waals surface area contributed by atoms with Gasteiger partial charge >= 0.3 is 0 Å². The van der Waals surface area contributed by atoms with E-state index in [-0.39, 0.29) is 24.1 Å². The van der Waals surface area contributed by atoms with E-state index in [2.05, 4.69) is 10.6 Å². The molecule has 1 heterocycles. The number of hydrogen-bond acceptors (Lipinski definition) is 6. The molecule has 0 unspecified atom stereocenters. The van der Waals surface area contributed by atoms with E-state index in [0.717, 1.165) is 36.8 Å². The smallest absolute Gasteiger partial charge is 0.254 e. The van der Waals surface area contributed by atoms with E-state index >= 15 is 0 Å². The molecule has 0 spiro atoms. The Morgan fingerprint density at radius 2 is 2.00 bits per heavy atom. The minimum Gasteiger partial charge on any atom is -0.494 e. The van der Waals surface area contributed by atoms with Crippen LogP contribution in [0.1, 0.15) is 46.1 Å². The second kappa shape index (κ2) is 12.1. The van der Waals surface area contributed by atoms with Crippen molar-refractivity contribution in [1.82, 2.24) is 10.2 Å². The molecule has 9 heteroatoms. The molecule has 7 nitrogen and oxygen atoms in total. The van der Waals surface area contributed by atoms with E-state index < -0.39 is 5.82 Å². The number of carbonyl (C=O) groups is 2. The molecule has 2 N–H and O–H groups in total. The van der Waals surface area contributed by atoms with Crippen molar-refractivity contribution in [3.63, 3.8) is 0 Å². The average molecular weight is 478 g/mol. The Morgan fingerprint density at radius 3 is 2.70 bits per heavy atom. The second-order valence-electron chi connectivity index (χ2n) is 7.98. The Bertz CT molecular complexity index is 979. The minimum atomic E-state index is -0.427. The predicted octanol–water partition coefficient (Wildman–Crippen LogP) is 3.61. The highest BCUT2D eigenvalue weighted by Gasteiger charge is 2.26. The molecule has 0 radical (unpaired) electrons. The summed E-state index contributed by atoms with van der Waals surface area (Å²) in [6.07, 6.45) is 3.91. The van der Waals surface area contributed by atoms with Gasteiger partial charge in [0.25, 0.3) is 5.91 Å². The van der Waals surface area contributed by atoms with Crippen LogP contribution in [0.5, 0.6) is 5.75 Å². The van der Waals surface area contributed by atoms with Crippen molar-refractivity contribution in [2.24, 2.45) is 0 Å². The minimum absolute atomic E-state index is 0.136.